The van der Waals surface area contributed by atoms with Gasteiger partial charge in [0.1, 0.15) is 0 Å². The molecular weight excluding hydrogens is 287 g/mol. The highest BCUT2D eigenvalue weighted by Crippen LogP contribution is 2.35. The van der Waals surface area contributed by atoms with Crippen LogP contribution in [0, 0.1) is 3.57 Å². The summed E-state index contributed by atoms with van der Waals surface area (Å²) >= 11 is 6.44. The van der Waals surface area contributed by atoms with E-state index in [2.05, 4.69) is 35.2 Å². The monoisotopic (exact) mass is 296 g/mol. The molecular formula is C8H9IO2S. The van der Waals surface area contributed by atoms with Crippen molar-refractivity contribution in [3.8, 4) is 11.5 Å². The first-order valence-corrected chi connectivity index (χ1v) is 4.82. The lowest BCUT2D eigenvalue weighted by Crippen LogP contribution is -1.93. The number of hydrogen-bond acceptors (Lipinski definition) is 3. The molecule has 0 aromatic heterocycles. The van der Waals surface area contributed by atoms with E-state index in [4.69, 9.17) is 9.47 Å². The molecule has 0 aliphatic rings. The predicted octanol–water partition coefficient (Wildman–Crippen LogP) is 2.60. The van der Waals surface area contributed by atoms with E-state index >= 15 is 0 Å². The lowest BCUT2D eigenvalue weighted by atomic mass is 10.3. The maximum atomic E-state index is 5.17. The second kappa shape index (κ2) is 4.23. The zero-order chi connectivity index (χ0) is 9.14. The Morgan fingerprint density at radius 2 is 1.92 bits per heavy atom. The minimum absolute atomic E-state index is 0.736. The van der Waals surface area contributed by atoms with E-state index in [1.165, 1.54) is 0 Å². The van der Waals surface area contributed by atoms with Crippen LogP contribution >= 0.6 is 35.2 Å². The first-order valence-electron chi connectivity index (χ1n) is 3.30. The van der Waals surface area contributed by atoms with Gasteiger partial charge in [0.15, 0.2) is 11.5 Å². The predicted molar refractivity (Wildman–Crippen MR) is 59.5 cm³/mol. The number of benzene rings is 1. The fraction of sp³-hybridized carbons (Fsp3) is 0.250. The first kappa shape index (κ1) is 9.98. The largest absolute Gasteiger partial charge is 0.493 e. The molecule has 0 aliphatic carbocycles. The Labute approximate surface area is 90.8 Å². The molecule has 0 atom stereocenters. The first-order chi connectivity index (χ1) is 5.70. The van der Waals surface area contributed by atoms with E-state index in [-0.39, 0.29) is 0 Å². The summed E-state index contributed by atoms with van der Waals surface area (Å²) in [5.74, 6) is 1.48. The second-order valence-electron chi connectivity index (χ2n) is 2.13. The van der Waals surface area contributed by atoms with Crippen LogP contribution in [0.2, 0.25) is 0 Å². The Balaban J connectivity index is 3.25. The molecule has 1 aromatic carbocycles. The number of ether oxygens (including phenoxy) is 2. The van der Waals surface area contributed by atoms with E-state index in [0.29, 0.717) is 0 Å². The summed E-state index contributed by atoms with van der Waals surface area (Å²) < 4.78 is 11.2. The summed E-state index contributed by atoms with van der Waals surface area (Å²) in [6, 6.07) is 3.72. The topological polar surface area (TPSA) is 18.5 Å². The van der Waals surface area contributed by atoms with Gasteiger partial charge in [-0.15, -0.1) is 12.6 Å². The van der Waals surface area contributed by atoms with Crippen molar-refractivity contribution < 1.29 is 9.47 Å². The highest BCUT2D eigenvalue weighted by atomic mass is 127. The zero-order valence-corrected chi connectivity index (χ0v) is 9.85. The van der Waals surface area contributed by atoms with Crippen LogP contribution in [0.5, 0.6) is 11.5 Å². The van der Waals surface area contributed by atoms with Crippen LogP contribution < -0.4 is 9.47 Å². The van der Waals surface area contributed by atoms with Gasteiger partial charge in [-0.1, -0.05) is 0 Å². The van der Waals surface area contributed by atoms with Crippen molar-refractivity contribution in [2.75, 3.05) is 14.2 Å². The van der Waals surface area contributed by atoms with Crippen molar-refractivity contribution in [3.05, 3.63) is 15.7 Å². The number of thiol groups is 1. The molecule has 12 heavy (non-hydrogen) atoms. The molecule has 0 fully saturated rings. The third-order valence-corrected chi connectivity index (χ3v) is 3.33. The van der Waals surface area contributed by atoms with Gasteiger partial charge in [0.05, 0.1) is 17.8 Å². The number of halogens is 1. The fourth-order valence-electron chi connectivity index (χ4n) is 0.879. The van der Waals surface area contributed by atoms with Crippen molar-refractivity contribution in [1.29, 1.82) is 0 Å². The van der Waals surface area contributed by atoms with Crippen LogP contribution in [0.15, 0.2) is 17.0 Å². The van der Waals surface area contributed by atoms with E-state index < -0.39 is 0 Å². The van der Waals surface area contributed by atoms with Crippen LogP contribution in [0.3, 0.4) is 0 Å². The molecule has 0 amide bonds. The van der Waals surface area contributed by atoms with Gasteiger partial charge in [0.2, 0.25) is 0 Å². The number of methoxy groups -OCH3 is 2. The number of rotatable bonds is 2. The van der Waals surface area contributed by atoms with Gasteiger partial charge in [-0.3, -0.25) is 0 Å². The Bertz CT molecular complexity index is 289. The van der Waals surface area contributed by atoms with E-state index in [1.54, 1.807) is 14.2 Å². The Morgan fingerprint density at radius 3 is 2.42 bits per heavy atom. The molecule has 0 aliphatic heterocycles. The fourth-order valence-corrected chi connectivity index (χ4v) is 1.72. The minimum Gasteiger partial charge on any atom is -0.493 e. The van der Waals surface area contributed by atoms with Crippen molar-refractivity contribution in [1.82, 2.24) is 0 Å². The molecule has 0 heterocycles. The summed E-state index contributed by atoms with van der Waals surface area (Å²) in [5, 5.41) is 0. The standard InChI is InChI=1S/C8H9IO2S/c1-10-5-3-4-6(12)7(9)8(5)11-2/h3-4,12H,1-2H3. The Kier molecular flexibility index (Phi) is 3.52. The summed E-state index contributed by atoms with van der Waals surface area (Å²) in [4.78, 5) is 0.897. The molecule has 66 valence electrons. The summed E-state index contributed by atoms with van der Waals surface area (Å²) in [6.45, 7) is 0. The van der Waals surface area contributed by atoms with Gasteiger partial charge < -0.3 is 9.47 Å². The lowest BCUT2D eigenvalue weighted by Gasteiger charge is -2.09. The van der Waals surface area contributed by atoms with Crippen molar-refractivity contribution >= 4 is 35.2 Å². The Morgan fingerprint density at radius 1 is 1.25 bits per heavy atom. The molecule has 0 N–H and O–H groups in total. The molecule has 2 nitrogen and oxygen atoms in total. The molecule has 1 rings (SSSR count). The molecule has 0 bridgehead atoms. The summed E-state index contributed by atoms with van der Waals surface area (Å²) in [7, 11) is 3.24. The van der Waals surface area contributed by atoms with Crippen molar-refractivity contribution in [2.45, 2.75) is 4.90 Å². The van der Waals surface area contributed by atoms with E-state index in [0.717, 1.165) is 20.0 Å². The number of hydrogen-bond donors (Lipinski definition) is 1. The summed E-state index contributed by atoms with van der Waals surface area (Å²) in [5.41, 5.74) is 0. The quantitative estimate of drug-likeness (QED) is 0.668. The lowest BCUT2D eigenvalue weighted by molar-refractivity contribution is 0.351. The highest BCUT2D eigenvalue weighted by Gasteiger charge is 2.09. The average Bonchev–Trinajstić information content (AvgIpc) is 2.09. The SMILES string of the molecule is COc1ccc(S)c(I)c1OC. The van der Waals surface area contributed by atoms with Gasteiger partial charge in [-0.2, -0.15) is 0 Å². The van der Waals surface area contributed by atoms with Crippen LogP contribution in [0.1, 0.15) is 0 Å². The van der Waals surface area contributed by atoms with Crippen LogP contribution in [-0.2, 0) is 0 Å². The normalized spacial score (nSPS) is 9.67. The third kappa shape index (κ3) is 1.80. The molecule has 0 radical (unpaired) electrons. The maximum absolute atomic E-state index is 5.17. The molecule has 1 aromatic rings. The minimum atomic E-state index is 0.736. The van der Waals surface area contributed by atoms with E-state index in [1.807, 2.05) is 12.1 Å². The zero-order valence-electron chi connectivity index (χ0n) is 6.80. The molecule has 0 saturated carbocycles. The van der Waals surface area contributed by atoms with Crippen molar-refractivity contribution in [2.24, 2.45) is 0 Å². The second-order valence-corrected chi connectivity index (χ2v) is 3.69. The molecule has 4 heteroatoms. The maximum Gasteiger partial charge on any atom is 0.175 e. The van der Waals surface area contributed by atoms with Gasteiger partial charge in [0.25, 0.3) is 0 Å². The highest BCUT2D eigenvalue weighted by molar-refractivity contribution is 14.1. The van der Waals surface area contributed by atoms with Gasteiger partial charge in [0, 0.05) is 4.90 Å². The van der Waals surface area contributed by atoms with Gasteiger partial charge in [-0.25, -0.2) is 0 Å². The van der Waals surface area contributed by atoms with Crippen molar-refractivity contribution in [3.63, 3.8) is 0 Å². The molecule has 0 spiro atoms. The van der Waals surface area contributed by atoms with Gasteiger partial charge >= 0.3 is 0 Å². The van der Waals surface area contributed by atoms with Crippen LogP contribution in [-0.4, -0.2) is 14.2 Å². The average molecular weight is 296 g/mol. The smallest absolute Gasteiger partial charge is 0.175 e. The molecule has 0 saturated heterocycles. The van der Waals surface area contributed by atoms with Gasteiger partial charge in [-0.05, 0) is 34.7 Å². The van der Waals surface area contributed by atoms with Crippen LogP contribution in [0.4, 0.5) is 0 Å². The third-order valence-electron chi connectivity index (χ3n) is 1.46. The summed E-state index contributed by atoms with van der Waals surface area (Å²) in [6.07, 6.45) is 0. The molecule has 0 unspecified atom stereocenters. The van der Waals surface area contributed by atoms with Crippen LogP contribution in [0.25, 0.3) is 0 Å². The van der Waals surface area contributed by atoms with E-state index in [9.17, 15) is 0 Å². The Hall–Kier alpha value is -0.100.